The van der Waals surface area contributed by atoms with E-state index in [1.54, 1.807) is 0 Å². The quantitative estimate of drug-likeness (QED) is 0.776. The highest BCUT2D eigenvalue weighted by Crippen LogP contribution is 2.20. The molecule has 92 valence electrons. The zero-order valence-electron chi connectivity index (χ0n) is 10.1. The summed E-state index contributed by atoms with van der Waals surface area (Å²) in [5.74, 6) is -0.0587. The molecule has 2 heterocycles. The minimum atomic E-state index is -0.0587. The van der Waals surface area contributed by atoms with Gasteiger partial charge in [0, 0.05) is 18.0 Å². The lowest BCUT2D eigenvalue weighted by Crippen LogP contribution is -2.08. The van der Waals surface area contributed by atoms with Crippen LogP contribution < -0.4 is 0 Å². The van der Waals surface area contributed by atoms with Crippen molar-refractivity contribution in [1.82, 2.24) is 4.98 Å². The Morgan fingerprint density at radius 1 is 1.33 bits per heavy atom. The number of fused-ring (bicyclic) bond motifs is 1. The maximum Gasteiger partial charge on any atom is 0.306 e. The second-order valence-corrected chi connectivity index (χ2v) is 4.73. The molecule has 3 rings (SSSR count). The first-order chi connectivity index (χ1) is 8.81. The van der Waals surface area contributed by atoms with Crippen molar-refractivity contribution in [2.75, 3.05) is 0 Å². The van der Waals surface area contributed by atoms with Crippen molar-refractivity contribution in [1.29, 1.82) is 0 Å². The van der Waals surface area contributed by atoms with Crippen molar-refractivity contribution in [2.24, 2.45) is 0 Å². The molecule has 1 saturated heterocycles. The van der Waals surface area contributed by atoms with Gasteiger partial charge in [-0.05, 0) is 37.0 Å². The average molecular weight is 241 g/mol. The van der Waals surface area contributed by atoms with Crippen LogP contribution in [0.15, 0.2) is 36.5 Å². The van der Waals surface area contributed by atoms with Crippen LogP contribution >= 0.6 is 0 Å². The third-order valence-electron chi connectivity index (χ3n) is 3.37. The summed E-state index contributed by atoms with van der Waals surface area (Å²) in [6.07, 6.45) is 5.25. The summed E-state index contributed by atoms with van der Waals surface area (Å²) in [4.78, 5) is 15.4. The van der Waals surface area contributed by atoms with Gasteiger partial charge in [0.05, 0.1) is 5.52 Å². The van der Waals surface area contributed by atoms with Crippen molar-refractivity contribution in [3.05, 3.63) is 42.1 Å². The number of benzene rings is 1. The molecule has 3 nitrogen and oxygen atoms in total. The molecule has 1 aliphatic rings. The maximum atomic E-state index is 11.0. The number of esters is 1. The summed E-state index contributed by atoms with van der Waals surface area (Å²) >= 11 is 0. The second-order valence-electron chi connectivity index (χ2n) is 4.73. The molecule has 0 saturated carbocycles. The molecule has 0 radical (unpaired) electrons. The molecular formula is C15H15NO2. The van der Waals surface area contributed by atoms with Gasteiger partial charge in [-0.1, -0.05) is 18.2 Å². The molecule has 1 fully saturated rings. The molecule has 2 aromatic rings. The Morgan fingerprint density at radius 3 is 3.06 bits per heavy atom. The van der Waals surface area contributed by atoms with E-state index < -0.39 is 0 Å². The minimum absolute atomic E-state index is 0.0587. The molecule has 18 heavy (non-hydrogen) atoms. The summed E-state index contributed by atoms with van der Waals surface area (Å²) in [6.45, 7) is 0. The largest absolute Gasteiger partial charge is 0.462 e. The number of carbonyl (C=O) groups is 1. The van der Waals surface area contributed by atoms with Crippen LogP contribution in [0.5, 0.6) is 0 Å². The third kappa shape index (κ3) is 2.35. The lowest BCUT2D eigenvalue weighted by molar-refractivity contribution is -0.141. The molecular weight excluding hydrogens is 226 g/mol. The van der Waals surface area contributed by atoms with E-state index in [0.717, 1.165) is 24.8 Å². The number of aromatic nitrogens is 1. The predicted octanol–water partition coefficient (Wildman–Crippen LogP) is 2.87. The van der Waals surface area contributed by atoms with E-state index in [-0.39, 0.29) is 12.1 Å². The van der Waals surface area contributed by atoms with E-state index in [1.165, 1.54) is 10.9 Å². The minimum Gasteiger partial charge on any atom is -0.462 e. The van der Waals surface area contributed by atoms with Crippen LogP contribution in [-0.2, 0) is 16.0 Å². The highest BCUT2D eigenvalue weighted by molar-refractivity contribution is 5.78. The Balaban J connectivity index is 1.69. The second kappa shape index (κ2) is 4.77. The Hall–Kier alpha value is -1.90. The lowest BCUT2D eigenvalue weighted by Gasteiger charge is -2.08. The van der Waals surface area contributed by atoms with Crippen molar-refractivity contribution in [3.63, 3.8) is 0 Å². The highest BCUT2D eigenvalue weighted by atomic mass is 16.5. The van der Waals surface area contributed by atoms with Gasteiger partial charge in [0.15, 0.2) is 0 Å². The van der Waals surface area contributed by atoms with Gasteiger partial charge in [-0.3, -0.25) is 9.78 Å². The van der Waals surface area contributed by atoms with Gasteiger partial charge in [-0.15, -0.1) is 0 Å². The van der Waals surface area contributed by atoms with E-state index in [2.05, 4.69) is 17.1 Å². The van der Waals surface area contributed by atoms with Crippen LogP contribution in [-0.4, -0.2) is 17.1 Å². The molecule has 0 amide bonds. The summed E-state index contributed by atoms with van der Waals surface area (Å²) in [6, 6.07) is 10.3. The van der Waals surface area contributed by atoms with E-state index >= 15 is 0 Å². The number of pyridine rings is 1. The zero-order valence-corrected chi connectivity index (χ0v) is 10.1. The van der Waals surface area contributed by atoms with Crippen LogP contribution in [0, 0.1) is 0 Å². The SMILES string of the molecule is O=C1CC[C@H](CCc2cnc3ccccc3c2)O1. The fraction of sp³-hybridized carbons (Fsp3) is 0.333. The Morgan fingerprint density at radius 2 is 2.22 bits per heavy atom. The number of nitrogens with zero attached hydrogens (tertiary/aromatic N) is 1. The van der Waals surface area contributed by atoms with Gasteiger partial charge in [-0.25, -0.2) is 0 Å². The number of rotatable bonds is 3. The lowest BCUT2D eigenvalue weighted by atomic mass is 10.0. The zero-order chi connectivity index (χ0) is 12.4. The van der Waals surface area contributed by atoms with Gasteiger partial charge in [0.25, 0.3) is 0 Å². The number of hydrogen-bond donors (Lipinski definition) is 0. The molecule has 1 atom stereocenters. The molecule has 0 spiro atoms. The Kier molecular flexibility index (Phi) is 2.97. The summed E-state index contributed by atoms with van der Waals surface area (Å²) in [5, 5.41) is 1.17. The number of aryl methyl sites for hydroxylation is 1. The fourth-order valence-corrected chi connectivity index (χ4v) is 2.37. The fourth-order valence-electron chi connectivity index (χ4n) is 2.37. The number of para-hydroxylation sites is 1. The summed E-state index contributed by atoms with van der Waals surface area (Å²) < 4.78 is 5.21. The standard InChI is InChI=1S/C15H15NO2/c17-15-8-7-13(18-15)6-5-11-9-12-3-1-2-4-14(12)16-10-11/h1-4,9-10,13H,5-8H2/t13-/m0/s1. The van der Waals surface area contributed by atoms with Crippen molar-refractivity contribution in [2.45, 2.75) is 31.8 Å². The smallest absolute Gasteiger partial charge is 0.306 e. The molecule has 0 aliphatic carbocycles. The van der Waals surface area contributed by atoms with E-state index in [1.807, 2.05) is 24.4 Å². The molecule has 0 bridgehead atoms. The maximum absolute atomic E-state index is 11.0. The van der Waals surface area contributed by atoms with Crippen LogP contribution in [0.1, 0.15) is 24.8 Å². The van der Waals surface area contributed by atoms with Crippen LogP contribution in [0.25, 0.3) is 10.9 Å². The van der Waals surface area contributed by atoms with Gasteiger partial charge in [0.1, 0.15) is 6.10 Å². The molecule has 1 aliphatic heterocycles. The van der Waals surface area contributed by atoms with E-state index in [4.69, 9.17) is 4.74 Å². The van der Waals surface area contributed by atoms with Gasteiger partial charge >= 0.3 is 5.97 Å². The highest BCUT2D eigenvalue weighted by Gasteiger charge is 2.22. The molecule has 3 heteroatoms. The summed E-state index contributed by atoms with van der Waals surface area (Å²) in [7, 11) is 0. The first-order valence-electron chi connectivity index (χ1n) is 6.34. The molecule has 1 aromatic carbocycles. The number of carbonyl (C=O) groups excluding carboxylic acids is 1. The van der Waals surface area contributed by atoms with Crippen molar-refractivity contribution < 1.29 is 9.53 Å². The predicted molar refractivity (Wildman–Crippen MR) is 69.2 cm³/mol. The third-order valence-corrected chi connectivity index (χ3v) is 3.37. The first-order valence-corrected chi connectivity index (χ1v) is 6.34. The number of hydrogen-bond acceptors (Lipinski definition) is 3. The normalized spacial score (nSPS) is 19.1. The van der Waals surface area contributed by atoms with Crippen molar-refractivity contribution in [3.8, 4) is 0 Å². The Labute approximate surface area is 106 Å². The molecule has 0 N–H and O–H groups in total. The van der Waals surface area contributed by atoms with Crippen molar-refractivity contribution >= 4 is 16.9 Å². The number of ether oxygens (including phenoxy) is 1. The van der Waals surface area contributed by atoms with Crippen LogP contribution in [0.4, 0.5) is 0 Å². The molecule has 1 aromatic heterocycles. The average Bonchev–Trinajstić information content (AvgIpc) is 2.82. The molecule has 0 unspecified atom stereocenters. The van der Waals surface area contributed by atoms with Crippen LogP contribution in [0.3, 0.4) is 0 Å². The van der Waals surface area contributed by atoms with E-state index in [0.29, 0.717) is 6.42 Å². The summed E-state index contributed by atoms with van der Waals surface area (Å²) in [5.41, 5.74) is 2.23. The topological polar surface area (TPSA) is 39.2 Å². The van der Waals surface area contributed by atoms with Gasteiger partial charge in [0.2, 0.25) is 0 Å². The first kappa shape index (κ1) is 11.2. The van der Waals surface area contributed by atoms with Gasteiger partial charge < -0.3 is 4.74 Å². The number of cyclic esters (lactones) is 1. The monoisotopic (exact) mass is 241 g/mol. The Bertz CT molecular complexity index is 579. The van der Waals surface area contributed by atoms with Gasteiger partial charge in [-0.2, -0.15) is 0 Å². The van der Waals surface area contributed by atoms with E-state index in [9.17, 15) is 4.79 Å². The van der Waals surface area contributed by atoms with Crippen LogP contribution in [0.2, 0.25) is 0 Å².